The van der Waals surface area contributed by atoms with Crippen LogP contribution in [0, 0.1) is 13.8 Å². The fourth-order valence-corrected chi connectivity index (χ4v) is 5.59. The third-order valence-corrected chi connectivity index (χ3v) is 7.46. The fourth-order valence-electron chi connectivity index (χ4n) is 5.59. The molecule has 2 aliphatic rings. The van der Waals surface area contributed by atoms with Crippen molar-refractivity contribution in [2.45, 2.75) is 72.1 Å². The van der Waals surface area contributed by atoms with Gasteiger partial charge in [-0.1, -0.05) is 30.7 Å². The van der Waals surface area contributed by atoms with E-state index in [1.807, 2.05) is 32.0 Å². The zero-order chi connectivity index (χ0) is 26.2. The van der Waals surface area contributed by atoms with Gasteiger partial charge in [0.1, 0.15) is 11.4 Å². The number of hydrogen-bond donors (Lipinski definition) is 2. The zero-order valence-electron chi connectivity index (χ0n) is 22.4. The first kappa shape index (κ1) is 25.3. The normalized spacial score (nSPS) is 16.8. The van der Waals surface area contributed by atoms with Gasteiger partial charge in [-0.2, -0.15) is 0 Å². The minimum atomic E-state index is -0.327. The second kappa shape index (κ2) is 10.2. The first-order valence-electron chi connectivity index (χ1n) is 13.3. The number of nitrogens with zero attached hydrogens (tertiary/aromatic N) is 1. The molecule has 0 unspecified atom stereocenters. The van der Waals surface area contributed by atoms with Crippen molar-refractivity contribution in [2.24, 2.45) is 0 Å². The number of nitrogens with one attached hydrogen (secondary N) is 2. The Balaban J connectivity index is 1.40. The van der Waals surface area contributed by atoms with E-state index in [2.05, 4.69) is 53.3 Å². The molecule has 0 spiro atoms. The summed E-state index contributed by atoms with van der Waals surface area (Å²) in [4.78, 5) is 31.0. The highest BCUT2D eigenvalue weighted by Gasteiger charge is 2.33. The molecule has 0 bridgehead atoms. The predicted molar refractivity (Wildman–Crippen MR) is 147 cm³/mol. The summed E-state index contributed by atoms with van der Waals surface area (Å²) in [6.07, 6.45) is 4.64. The molecular formula is C31H37N3O3. The van der Waals surface area contributed by atoms with Crippen LogP contribution in [-0.2, 0) is 19.5 Å². The lowest BCUT2D eigenvalue weighted by atomic mass is 9.94. The quantitative estimate of drug-likeness (QED) is 0.483. The van der Waals surface area contributed by atoms with E-state index in [4.69, 9.17) is 4.74 Å². The number of hydrogen-bond acceptors (Lipinski definition) is 4. The molecule has 1 aromatic heterocycles. The van der Waals surface area contributed by atoms with Gasteiger partial charge in [-0.15, -0.1) is 0 Å². The molecule has 3 aromatic rings. The number of aromatic nitrogens is 1. The molecule has 3 heterocycles. The Morgan fingerprint density at radius 1 is 1.05 bits per heavy atom. The predicted octanol–water partition coefficient (Wildman–Crippen LogP) is 5.29. The summed E-state index contributed by atoms with van der Waals surface area (Å²) in [6.45, 7) is 11.4. The number of rotatable bonds is 6. The number of pyridine rings is 1. The molecule has 194 valence electrons. The maximum Gasteiger partial charge on any atom is 0.253 e. The van der Waals surface area contributed by atoms with Crippen LogP contribution in [0.15, 0.2) is 47.3 Å². The van der Waals surface area contributed by atoms with E-state index in [1.54, 1.807) is 0 Å². The summed E-state index contributed by atoms with van der Waals surface area (Å²) in [5.74, 6) is 0.658. The number of piperidine rings is 1. The fraction of sp³-hybridized carbons (Fsp3) is 0.419. The average Bonchev–Trinajstić information content (AvgIpc) is 3.17. The number of ether oxygens (including phenoxy) is 1. The summed E-state index contributed by atoms with van der Waals surface area (Å²) in [5, 5.41) is 2.96. The molecule has 5 rings (SSSR count). The minimum absolute atomic E-state index is 0.160. The molecule has 6 heteroatoms. The molecule has 2 N–H and O–H groups in total. The Morgan fingerprint density at radius 2 is 1.78 bits per heavy atom. The standard InChI is InChI=1S/C31H37N3O3/c1-20-14-21(2)33-30(36)27(20)18-32-29(35)24-15-25-17-31(3,4)37-28(25)26(16-24)23-10-8-22(9-11-23)19-34-12-6-5-7-13-34/h8-11,14-16H,5-7,12-13,17-19H2,1-4H3,(H,32,35)(H,33,36). The van der Waals surface area contributed by atoms with Crippen LogP contribution in [0.2, 0.25) is 0 Å². The molecule has 0 saturated carbocycles. The van der Waals surface area contributed by atoms with Crippen molar-refractivity contribution in [2.75, 3.05) is 13.1 Å². The number of amides is 1. The molecule has 1 saturated heterocycles. The molecule has 1 fully saturated rings. The lowest BCUT2D eigenvalue weighted by Crippen LogP contribution is -2.29. The SMILES string of the molecule is Cc1cc(C)c(CNC(=O)c2cc3c(c(-c4ccc(CN5CCCCC5)cc4)c2)OC(C)(C)C3)c(=O)[nH]1. The van der Waals surface area contributed by atoms with Gasteiger partial charge in [-0.05, 0) is 94.1 Å². The van der Waals surface area contributed by atoms with E-state index < -0.39 is 0 Å². The highest BCUT2D eigenvalue weighted by Crippen LogP contribution is 2.43. The number of carbonyl (C=O) groups excluding carboxylic acids is 1. The molecule has 2 aromatic carbocycles. The van der Waals surface area contributed by atoms with E-state index in [0.717, 1.165) is 46.7 Å². The van der Waals surface area contributed by atoms with Gasteiger partial charge in [0.2, 0.25) is 0 Å². The molecular weight excluding hydrogens is 462 g/mol. The summed E-state index contributed by atoms with van der Waals surface area (Å²) in [7, 11) is 0. The van der Waals surface area contributed by atoms with Crippen molar-refractivity contribution in [1.29, 1.82) is 0 Å². The monoisotopic (exact) mass is 499 g/mol. The van der Waals surface area contributed by atoms with Gasteiger partial charge in [0, 0.05) is 41.9 Å². The van der Waals surface area contributed by atoms with Crippen molar-refractivity contribution >= 4 is 5.91 Å². The smallest absolute Gasteiger partial charge is 0.253 e. The van der Waals surface area contributed by atoms with Crippen molar-refractivity contribution in [1.82, 2.24) is 15.2 Å². The van der Waals surface area contributed by atoms with Crippen molar-refractivity contribution < 1.29 is 9.53 Å². The number of aromatic amines is 1. The molecule has 1 amide bonds. The van der Waals surface area contributed by atoms with Crippen LogP contribution in [0.3, 0.4) is 0 Å². The Kier molecular flexibility index (Phi) is 6.95. The summed E-state index contributed by atoms with van der Waals surface area (Å²) < 4.78 is 6.35. The molecule has 37 heavy (non-hydrogen) atoms. The number of benzene rings is 2. The first-order chi connectivity index (χ1) is 17.7. The number of fused-ring (bicyclic) bond motifs is 1. The Bertz CT molecular complexity index is 1370. The van der Waals surface area contributed by atoms with Gasteiger partial charge in [0.15, 0.2) is 0 Å². The number of aryl methyl sites for hydroxylation is 2. The van der Waals surface area contributed by atoms with E-state index >= 15 is 0 Å². The van der Waals surface area contributed by atoms with E-state index in [-0.39, 0.29) is 23.6 Å². The van der Waals surface area contributed by atoms with E-state index in [0.29, 0.717) is 11.1 Å². The number of likely N-dealkylation sites (tertiary alicyclic amines) is 1. The summed E-state index contributed by atoms with van der Waals surface area (Å²) in [6, 6.07) is 14.4. The maximum absolute atomic E-state index is 13.3. The highest BCUT2D eigenvalue weighted by molar-refractivity contribution is 5.96. The lowest BCUT2D eigenvalue weighted by Gasteiger charge is -2.26. The van der Waals surface area contributed by atoms with Gasteiger partial charge in [0.05, 0.1) is 0 Å². The third-order valence-electron chi connectivity index (χ3n) is 7.46. The van der Waals surface area contributed by atoms with Gasteiger partial charge in [-0.3, -0.25) is 14.5 Å². The summed E-state index contributed by atoms with van der Waals surface area (Å²) in [5.41, 5.74) is 6.66. The van der Waals surface area contributed by atoms with Crippen molar-refractivity contribution in [3.8, 4) is 16.9 Å². The van der Waals surface area contributed by atoms with Gasteiger partial charge < -0.3 is 15.0 Å². The van der Waals surface area contributed by atoms with Crippen molar-refractivity contribution in [3.63, 3.8) is 0 Å². The number of carbonyl (C=O) groups is 1. The first-order valence-corrected chi connectivity index (χ1v) is 13.3. The van der Waals surface area contributed by atoms with Crippen LogP contribution >= 0.6 is 0 Å². The topological polar surface area (TPSA) is 74.4 Å². The van der Waals surface area contributed by atoms with Gasteiger partial charge in [-0.25, -0.2) is 0 Å². The molecule has 6 nitrogen and oxygen atoms in total. The van der Waals surface area contributed by atoms with Crippen LogP contribution in [0.5, 0.6) is 5.75 Å². The van der Waals surface area contributed by atoms with Crippen LogP contribution in [0.1, 0.15) is 71.4 Å². The second-order valence-electron chi connectivity index (χ2n) is 11.2. The maximum atomic E-state index is 13.3. The largest absolute Gasteiger partial charge is 0.487 e. The lowest BCUT2D eigenvalue weighted by molar-refractivity contribution is 0.0950. The van der Waals surface area contributed by atoms with Gasteiger partial charge in [0.25, 0.3) is 11.5 Å². The van der Waals surface area contributed by atoms with E-state index in [9.17, 15) is 9.59 Å². The summed E-state index contributed by atoms with van der Waals surface area (Å²) >= 11 is 0. The van der Waals surface area contributed by atoms with Crippen LogP contribution < -0.4 is 15.6 Å². The van der Waals surface area contributed by atoms with Crippen LogP contribution in [-0.4, -0.2) is 34.5 Å². The minimum Gasteiger partial charge on any atom is -0.487 e. The molecule has 0 radical (unpaired) electrons. The molecule has 0 aliphatic carbocycles. The van der Waals surface area contributed by atoms with Crippen molar-refractivity contribution in [3.05, 3.63) is 86.3 Å². The Hall–Kier alpha value is -3.38. The Labute approximate surface area is 219 Å². The van der Waals surface area contributed by atoms with Crippen LogP contribution in [0.25, 0.3) is 11.1 Å². The molecule has 2 aliphatic heterocycles. The third kappa shape index (κ3) is 5.64. The second-order valence-corrected chi connectivity index (χ2v) is 11.2. The average molecular weight is 500 g/mol. The zero-order valence-corrected chi connectivity index (χ0v) is 22.4. The Morgan fingerprint density at radius 3 is 2.49 bits per heavy atom. The van der Waals surface area contributed by atoms with Gasteiger partial charge >= 0.3 is 0 Å². The molecule has 0 atom stereocenters. The highest BCUT2D eigenvalue weighted by atomic mass is 16.5. The number of H-pyrrole nitrogens is 1. The van der Waals surface area contributed by atoms with Crippen LogP contribution in [0.4, 0.5) is 0 Å². The van der Waals surface area contributed by atoms with E-state index in [1.165, 1.54) is 37.9 Å².